The fourth-order valence-electron chi connectivity index (χ4n) is 1.82. The van der Waals surface area contributed by atoms with Crippen molar-refractivity contribution in [3.8, 4) is 5.82 Å². The average Bonchev–Trinajstić information content (AvgIpc) is 2.66. The molecule has 0 unspecified atom stereocenters. The van der Waals surface area contributed by atoms with Crippen molar-refractivity contribution >= 4 is 0 Å². The number of nitrogens with two attached hydrogens (primary N) is 1. The number of nitrogens with zero attached hydrogens (tertiary/aromatic N) is 3. The number of hydrogen-bond donors (Lipinski definition) is 1. The second kappa shape index (κ2) is 4.65. The molecule has 0 aliphatic rings. The number of pyridine rings is 1. The van der Waals surface area contributed by atoms with Gasteiger partial charge in [0.05, 0.1) is 5.69 Å². The third-order valence-electron chi connectivity index (χ3n) is 2.68. The summed E-state index contributed by atoms with van der Waals surface area (Å²) in [6, 6.07) is 4.03. The van der Waals surface area contributed by atoms with Crippen molar-refractivity contribution in [2.75, 3.05) is 0 Å². The summed E-state index contributed by atoms with van der Waals surface area (Å²) >= 11 is 0. The Morgan fingerprint density at radius 2 is 1.95 bits per heavy atom. The molecule has 0 aromatic carbocycles. The zero-order chi connectivity index (χ0) is 14.2. The minimum absolute atomic E-state index is 0.0960. The van der Waals surface area contributed by atoms with Crippen LogP contribution in [0.2, 0.25) is 0 Å². The van der Waals surface area contributed by atoms with E-state index in [2.05, 4.69) is 10.1 Å². The molecule has 0 aliphatic carbocycles. The number of aryl methyl sites for hydroxylation is 2. The molecule has 0 amide bonds. The summed E-state index contributed by atoms with van der Waals surface area (Å²) in [5, 5.41) is 4.14. The first kappa shape index (κ1) is 13.5. The van der Waals surface area contributed by atoms with Crippen LogP contribution in [0, 0.1) is 13.8 Å². The van der Waals surface area contributed by atoms with Crippen LogP contribution in [0.25, 0.3) is 5.82 Å². The van der Waals surface area contributed by atoms with E-state index in [-0.39, 0.29) is 12.4 Å². The Kier molecular flexibility index (Phi) is 3.32. The van der Waals surface area contributed by atoms with Gasteiger partial charge in [-0.2, -0.15) is 18.3 Å². The van der Waals surface area contributed by atoms with E-state index in [1.54, 1.807) is 19.9 Å². The molecule has 2 heterocycles. The highest BCUT2D eigenvalue weighted by Crippen LogP contribution is 2.29. The van der Waals surface area contributed by atoms with Gasteiger partial charge in [-0.15, -0.1) is 0 Å². The van der Waals surface area contributed by atoms with Crippen molar-refractivity contribution in [2.24, 2.45) is 5.73 Å². The normalized spacial score (nSPS) is 11.9. The van der Waals surface area contributed by atoms with Gasteiger partial charge in [0, 0.05) is 17.8 Å². The van der Waals surface area contributed by atoms with Crippen LogP contribution in [-0.4, -0.2) is 14.8 Å². The molecule has 0 atom stereocenters. The maximum atomic E-state index is 12.7. The second-order valence-electron chi connectivity index (χ2n) is 4.22. The van der Waals surface area contributed by atoms with E-state index in [0.29, 0.717) is 17.0 Å². The van der Waals surface area contributed by atoms with Crippen molar-refractivity contribution < 1.29 is 13.2 Å². The number of aromatic nitrogens is 3. The smallest absolute Gasteiger partial charge is 0.326 e. The molecule has 0 spiro atoms. The third kappa shape index (κ3) is 2.60. The Labute approximate surface area is 108 Å². The van der Waals surface area contributed by atoms with Gasteiger partial charge in [-0.1, -0.05) is 6.07 Å². The first-order valence-electron chi connectivity index (χ1n) is 5.63. The molecule has 0 saturated heterocycles. The summed E-state index contributed by atoms with van der Waals surface area (Å²) in [6.07, 6.45) is -4.49. The summed E-state index contributed by atoms with van der Waals surface area (Å²) in [6.45, 7) is 3.61. The minimum atomic E-state index is -4.49. The van der Waals surface area contributed by atoms with Gasteiger partial charge in [0.15, 0.2) is 5.82 Å². The molecule has 0 bridgehead atoms. The fraction of sp³-hybridized carbons (Fsp3) is 0.333. The van der Waals surface area contributed by atoms with E-state index >= 15 is 0 Å². The Morgan fingerprint density at radius 3 is 2.42 bits per heavy atom. The predicted molar refractivity (Wildman–Crippen MR) is 63.7 cm³/mol. The highest BCUT2D eigenvalue weighted by atomic mass is 19.4. The number of hydrogen-bond acceptors (Lipinski definition) is 3. The van der Waals surface area contributed by atoms with E-state index in [0.717, 1.165) is 6.07 Å². The quantitative estimate of drug-likeness (QED) is 0.911. The van der Waals surface area contributed by atoms with Crippen molar-refractivity contribution in [3.63, 3.8) is 0 Å². The molecule has 0 aliphatic heterocycles. The van der Waals surface area contributed by atoms with Crippen molar-refractivity contribution in [3.05, 3.63) is 40.8 Å². The zero-order valence-corrected chi connectivity index (χ0v) is 10.5. The number of halogens is 3. The van der Waals surface area contributed by atoms with Crippen LogP contribution >= 0.6 is 0 Å². The topological polar surface area (TPSA) is 56.7 Å². The van der Waals surface area contributed by atoms with Crippen molar-refractivity contribution in [2.45, 2.75) is 26.6 Å². The van der Waals surface area contributed by atoms with Crippen LogP contribution in [0.15, 0.2) is 18.2 Å². The lowest BCUT2D eigenvalue weighted by molar-refractivity contribution is -0.141. The number of rotatable bonds is 2. The summed E-state index contributed by atoms with van der Waals surface area (Å²) in [7, 11) is 0. The minimum Gasteiger partial charge on any atom is -0.326 e. The molecular formula is C12H13F3N4. The molecule has 0 fully saturated rings. The van der Waals surface area contributed by atoms with E-state index in [9.17, 15) is 13.2 Å². The van der Waals surface area contributed by atoms with E-state index < -0.39 is 11.9 Å². The lowest BCUT2D eigenvalue weighted by atomic mass is 10.2. The third-order valence-corrected chi connectivity index (χ3v) is 2.68. The van der Waals surface area contributed by atoms with Crippen LogP contribution in [0.5, 0.6) is 0 Å². The maximum absolute atomic E-state index is 12.7. The SMILES string of the molecule is Cc1cc(C)n(-c2nc(C(F)(F)F)ccc2CN)n1. The molecular weight excluding hydrogens is 257 g/mol. The number of alkyl halides is 3. The van der Waals surface area contributed by atoms with Gasteiger partial charge in [0.1, 0.15) is 5.69 Å². The van der Waals surface area contributed by atoms with Crippen LogP contribution in [-0.2, 0) is 12.7 Å². The van der Waals surface area contributed by atoms with Gasteiger partial charge in [-0.25, -0.2) is 9.67 Å². The monoisotopic (exact) mass is 270 g/mol. The highest BCUT2D eigenvalue weighted by Gasteiger charge is 2.33. The van der Waals surface area contributed by atoms with E-state index in [1.807, 2.05) is 0 Å². The molecule has 2 aromatic rings. The zero-order valence-electron chi connectivity index (χ0n) is 10.5. The average molecular weight is 270 g/mol. The highest BCUT2D eigenvalue weighted by molar-refractivity contribution is 5.37. The van der Waals surface area contributed by atoms with Gasteiger partial charge in [-0.05, 0) is 26.0 Å². The van der Waals surface area contributed by atoms with Crippen LogP contribution in [0.4, 0.5) is 13.2 Å². The van der Waals surface area contributed by atoms with E-state index in [4.69, 9.17) is 5.73 Å². The Balaban J connectivity index is 2.63. The molecule has 7 heteroatoms. The molecule has 0 radical (unpaired) electrons. The largest absolute Gasteiger partial charge is 0.433 e. The second-order valence-corrected chi connectivity index (χ2v) is 4.22. The van der Waals surface area contributed by atoms with Gasteiger partial charge in [-0.3, -0.25) is 0 Å². The molecule has 2 aromatic heterocycles. The Hall–Kier alpha value is -1.89. The molecule has 0 saturated carbocycles. The lowest BCUT2D eigenvalue weighted by Crippen LogP contribution is -2.15. The van der Waals surface area contributed by atoms with Gasteiger partial charge < -0.3 is 5.73 Å². The van der Waals surface area contributed by atoms with Crippen LogP contribution < -0.4 is 5.73 Å². The maximum Gasteiger partial charge on any atom is 0.433 e. The Morgan fingerprint density at radius 1 is 1.26 bits per heavy atom. The van der Waals surface area contributed by atoms with Gasteiger partial charge >= 0.3 is 6.18 Å². The predicted octanol–water partition coefficient (Wildman–Crippen LogP) is 2.36. The Bertz CT molecular complexity index is 602. The van der Waals surface area contributed by atoms with Crippen LogP contribution in [0.3, 0.4) is 0 Å². The lowest BCUT2D eigenvalue weighted by Gasteiger charge is -2.12. The van der Waals surface area contributed by atoms with Gasteiger partial charge in [0.25, 0.3) is 0 Å². The van der Waals surface area contributed by atoms with Crippen LogP contribution in [0.1, 0.15) is 22.6 Å². The summed E-state index contributed by atoms with van der Waals surface area (Å²) < 4.78 is 39.5. The van der Waals surface area contributed by atoms with E-state index in [1.165, 1.54) is 10.7 Å². The molecule has 2 rings (SSSR count). The molecule has 102 valence electrons. The standard InChI is InChI=1S/C12H13F3N4/c1-7-5-8(2)19(18-7)11-9(6-16)3-4-10(17-11)12(13,14)15/h3-5H,6,16H2,1-2H3. The molecule has 2 N–H and O–H groups in total. The first-order valence-corrected chi connectivity index (χ1v) is 5.63. The first-order chi connectivity index (χ1) is 8.82. The summed E-state index contributed by atoms with van der Waals surface area (Å²) in [4.78, 5) is 3.65. The van der Waals surface area contributed by atoms with Crippen molar-refractivity contribution in [1.82, 2.24) is 14.8 Å². The molecule has 19 heavy (non-hydrogen) atoms. The molecule has 4 nitrogen and oxygen atoms in total. The summed E-state index contributed by atoms with van der Waals surface area (Å²) in [5.74, 6) is 0.128. The fourth-order valence-corrected chi connectivity index (χ4v) is 1.82. The summed E-state index contributed by atoms with van der Waals surface area (Å²) in [5.41, 5.74) is 6.52. The van der Waals surface area contributed by atoms with Gasteiger partial charge in [0.2, 0.25) is 0 Å². The van der Waals surface area contributed by atoms with Crippen molar-refractivity contribution in [1.29, 1.82) is 0 Å².